The van der Waals surface area contributed by atoms with Gasteiger partial charge in [0.25, 0.3) is 5.91 Å². The first-order valence-electron chi connectivity index (χ1n) is 5.54. The summed E-state index contributed by atoms with van der Waals surface area (Å²) in [6.07, 6.45) is 0. The molecule has 96 valence electrons. The van der Waals surface area contributed by atoms with Crippen LogP contribution in [0.5, 0.6) is 11.5 Å². The molecule has 0 aliphatic heterocycles. The van der Waals surface area contributed by atoms with Gasteiger partial charge < -0.3 is 16.2 Å². The molecule has 0 atom stereocenters. The molecule has 0 aromatic heterocycles. The van der Waals surface area contributed by atoms with Gasteiger partial charge in [0.15, 0.2) is 0 Å². The predicted molar refractivity (Wildman–Crippen MR) is 70.0 cm³/mol. The Morgan fingerprint density at radius 2 is 1.47 bits per heavy atom. The molecule has 0 fully saturated rings. The molecular formula is C14H12N2O3. The molecule has 5 heteroatoms. The highest BCUT2D eigenvalue weighted by atomic mass is 16.5. The molecule has 4 N–H and O–H groups in total. The van der Waals surface area contributed by atoms with Gasteiger partial charge in [0.05, 0.1) is 5.56 Å². The lowest BCUT2D eigenvalue weighted by Gasteiger charge is -2.09. The minimum atomic E-state index is -0.565. The van der Waals surface area contributed by atoms with Gasteiger partial charge in [0.2, 0.25) is 5.91 Å². The van der Waals surface area contributed by atoms with Crippen LogP contribution in [0, 0.1) is 0 Å². The van der Waals surface area contributed by atoms with Crippen molar-refractivity contribution in [2.45, 2.75) is 0 Å². The van der Waals surface area contributed by atoms with E-state index in [9.17, 15) is 9.59 Å². The van der Waals surface area contributed by atoms with E-state index in [1.54, 1.807) is 48.5 Å². The third-order valence-corrected chi connectivity index (χ3v) is 2.52. The molecule has 2 aromatic carbocycles. The smallest absolute Gasteiger partial charge is 0.252 e. The third-order valence-electron chi connectivity index (χ3n) is 2.52. The standard InChI is InChI=1S/C14H12N2O3/c15-13(17)9-5-7-10(8-6-9)19-12-4-2-1-3-11(12)14(16)18/h1-8H,(H2,15,17)(H2,16,18). The highest BCUT2D eigenvalue weighted by Crippen LogP contribution is 2.25. The number of rotatable bonds is 4. The van der Waals surface area contributed by atoms with Gasteiger partial charge in [-0.3, -0.25) is 9.59 Å². The van der Waals surface area contributed by atoms with Crippen molar-refractivity contribution < 1.29 is 14.3 Å². The summed E-state index contributed by atoms with van der Waals surface area (Å²) in [4.78, 5) is 22.2. The zero-order chi connectivity index (χ0) is 13.8. The van der Waals surface area contributed by atoms with Gasteiger partial charge in [-0.15, -0.1) is 0 Å². The number of amides is 2. The van der Waals surface area contributed by atoms with Gasteiger partial charge in [-0.25, -0.2) is 0 Å². The Morgan fingerprint density at radius 1 is 0.842 bits per heavy atom. The second kappa shape index (κ2) is 5.22. The second-order valence-corrected chi connectivity index (χ2v) is 3.85. The van der Waals surface area contributed by atoms with Crippen LogP contribution in [0.15, 0.2) is 48.5 Å². The summed E-state index contributed by atoms with van der Waals surface area (Å²) < 4.78 is 5.55. The van der Waals surface area contributed by atoms with Crippen LogP contribution in [0.25, 0.3) is 0 Å². The first kappa shape index (κ1) is 12.6. The quantitative estimate of drug-likeness (QED) is 0.871. The van der Waals surface area contributed by atoms with Crippen molar-refractivity contribution in [3.05, 3.63) is 59.7 Å². The number of ether oxygens (including phenoxy) is 1. The van der Waals surface area contributed by atoms with Gasteiger partial charge in [0.1, 0.15) is 11.5 Å². The minimum Gasteiger partial charge on any atom is -0.457 e. The molecule has 0 radical (unpaired) electrons. The number of benzene rings is 2. The number of primary amides is 2. The van der Waals surface area contributed by atoms with E-state index in [4.69, 9.17) is 16.2 Å². The maximum atomic E-state index is 11.2. The van der Waals surface area contributed by atoms with Crippen molar-refractivity contribution in [2.24, 2.45) is 11.5 Å². The Hall–Kier alpha value is -2.82. The van der Waals surface area contributed by atoms with Crippen molar-refractivity contribution in [3.63, 3.8) is 0 Å². The Labute approximate surface area is 109 Å². The number of nitrogens with two attached hydrogens (primary N) is 2. The summed E-state index contributed by atoms with van der Waals surface area (Å²) in [5.41, 5.74) is 11.1. The van der Waals surface area contributed by atoms with Crippen LogP contribution in [-0.4, -0.2) is 11.8 Å². The lowest BCUT2D eigenvalue weighted by molar-refractivity contribution is 0.0991. The summed E-state index contributed by atoms with van der Waals surface area (Å²) in [6.45, 7) is 0. The molecule has 19 heavy (non-hydrogen) atoms. The molecule has 2 rings (SSSR count). The van der Waals surface area contributed by atoms with Crippen molar-refractivity contribution in [3.8, 4) is 11.5 Å². The van der Waals surface area contributed by atoms with Crippen LogP contribution in [0.4, 0.5) is 0 Å². The average molecular weight is 256 g/mol. The monoisotopic (exact) mass is 256 g/mol. The maximum absolute atomic E-state index is 11.2. The van der Waals surface area contributed by atoms with Gasteiger partial charge in [-0.05, 0) is 36.4 Å². The predicted octanol–water partition coefficient (Wildman–Crippen LogP) is 1.68. The Balaban J connectivity index is 2.26. The number of para-hydroxylation sites is 1. The van der Waals surface area contributed by atoms with Crippen LogP contribution >= 0.6 is 0 Å². The van der Waals surface area contributed by atoms with E-state index in [-0.39, 0.29) is 0 Å². The molecule has 0 saturated carbocycles. The van der Waals surface area contributed by atoms with Crippen molar-refractivity contribution in [2.75, 3.05) is 0 Å². The van der Waals surface area contributed by atoms with Crippen LogP contribution in [-0.2, 0) is 0 Å². The molecule has 0 heterocycles. The normalized spacial score (nSPS) is 9.89. The van der Waals surface area contributed by atoms with Crippen molar-refractivity contribution in [1.29, 1.82) is 0 Å². The van der Waals surface area contributed by atoms with E-state index in [2.05, 4.69) is 0 Å². The van der Waals surface area contributed by atoms with E-state index in [1.165, 1.54) is 0 Å². The molecule has 2 amide bonds. The SMILES string of the molecule is NC(=O)c1ccc(Oc2ccccc2C(N)=O)cc1. The lowest BCUT2D eigenvalue weighted by atomic mass is 10.2. The van der Waals surface area contributed by atoms with Crippen LogP contribution < -0.4 is 16.2 Å². The van der Waals surface area contributed by atoms with Gasteiger partial charge >= 0.3 is 0 Å². The highest BCUT2D eigenvalue weighted by molar-refractivity contribution is 5.95. The third kappa shape index (κ3) is 2.90. The number of carbonyl (C=O) groups is 2. The fourth-order valence-corrected chi connectivity index (χ4v) is 1.57. The fraction of sp³-hybridized carbons (Fsp3) is 0. The number of carbonyl (C=O) groups excluding carboxylic acids is 2. The molecule has 0 aliphatic rings. The summed E-state index contributed by atoms with van der Waals surface area (Å²) in [6, 6.07) is 12.9. The zero-order valence-corrected chi connectivity index (χ0v) is 10.00. The summed E-state index contributed by atoms with van der Waals surface area (Å²) >= 11 is 0. The van der Waals surface area contributed by atoms with E-state index >= 15 is 0 Å². The van der Waals surface area contributed by atoms with Gasteiger partial charge in [0, 0.05) is 5.56 Å². The molecule has 0 saturated heterocycles. The Bertz CT molecular complexity index is 621. The molecule has 0 spiro atoms. The van der Waals surface area contributed by atoms with E-state index < -0.39 is 11.8 Å². The first-order valence-corrected chi connectivity index (χ1v) is 5.54. The average Bonchev–Trinajstić information content (AvgIpc) is 2.39. The number of hydrogen-bond donors (Lipinski definition) is 2. The van der Waals surface area contributed by atoms with E-state index in [0.717, 1.165) is 0 Å². The summed E-state index contributed by atoms with van der Waals surface area (Å²) in [5.74, 6) is -0.228. The summed E-state index contributed by atoms with van der Waals surface area (Å²) in [5, 5.41) is 0. The van der Waals surface area contributed by atoms with E-state index in [1.807, 2.05) is 0 Å². The second-order valence-electron chi connectivity index (χ2n) is 3.85. The lowest BCUT2D eigenvalue weighted by Crippen LogP contribution is -2.12. The molecular weight excluding hydrogens is 244 g/mol. The van der Waals surface area contributed by atoms with Crippen LogP contribution in [0.1, 0.15) is 20.7 Å². The van der Waals surface area contributed by atoms with Gasteiger partial charge in [-0.1, -0.05) is 12.1 Å². The Kier molecular flexibility index (Phi) is 3.47. The van der Waals surface area contributed by atoms with Crippen LogP contribution in [0.2, 0.25) is 0 Å². The minimum absolute atomic E-state index is 0.293. The zero-order valence-electron chi connectivity index (χ0n) is 10.00. The van der Waals surface area contributed by atoms with Gasteiger partial charge in [-0.2, -0.15) is 0 Å². The first-order chi connectivity index (χ1) is 9.08. The molecule has 0 unspecified atom stereocenters. The Morgan fingerprint density at radius 3 is 2.05 bits per heavy atom. The molecule has 0 aliphatic carbocycles. The van der Waals surface area contributed by atoms with E-state index in [0.29, 0.717) is 22.6 Å². The van der Waals surface area contributed by atoms with Crippen molar-refractivity contribution in [1.82, 2.24) is 0 Å². The molecule has 2 aromatic rings. The maximum Gasteiger partial charge on any atom is 0.252 e. The highest BCUT2D eigenvalue weighted by Gasteiger charge is 2.09. The topological polar surface area (TPSA) is 95.4 Å². The number of hydrogen-bond acceptors (Lipinski definition) is 3. The van der Waals surface area contributed by atoms with Crippen molar-refractivity contribution >= 4 is 11.8 Å². The largest absolute Gasteiger partial charge is 0.457 e. The fourth-order valence-electron chi connectivity index (χ4n) is 1.57. The summed E-state index contributed by atoms with van der Waals surface area (Å²) in [7, 11) is 0. The molecule has 5 nitrogen and oxygen atoms in total. The van der Waals surface area contributed by atoms with Crippen LogP contribution in [0.3, 0.4) is 0 Å². The molecule has 0 bridgehead atoms.